The van der Waals surface area contributed by atoms with Crippen molar-refractivity contribution in [3.05, 3.63) is 0 Å². The number of rotatable bonds is 6. The summed E-state index contributed by atoms with van der Waals surface area (Å²) >= 11 is 0. The van der Waals surface area contributed by atoms with E-state index < -0.39 is 17.8 Å². The number of ether oxygens (including phenoxy) is 1. The first-order valence-electron chi connectivity index (χ1n) is 5.27. The highest BCUT2D eigenvalue weighted by atomic mass is 16.5. The molecule has 1 rings (SSSR count). The van der Waals surface area contributed by atoms with Crippen molar-refractivity contribution < 1.29 is 19.1 Å². The van der Waals surface area contributed by atoms with E-state index in [1.165, 1.54) is 0 Å². The van der Waals surface area contributed by atoms with Gasteiger partial charge in [0.1, 0.15) is 0 Å². The number of nitrogens with zero attached hydrogens (tertiary/aromatic N) is 1. The summed E-state index contributed by atoms with van der Waals surface area (Å²) in [4.78, 5) is 33.9. The van der Waals surface area contributed by atoms with Gasteiger partial charge in [0.05, 0.1) is 13.2 Å². The molecule has 0 aromatic heterocycles. The molecule has 90 valence electrons. The Morgan fingerprint density at radius 1 is 1.25 bits per heavy atom. The van der Waals surface area contributed by atoms with Crippen LogP contribution in [0.3, 0.4) is 0 Å². The number of imide groups is 2. The van der Waals surface area contributed by atoms with Gasteiger partial charge in [0.2, 0.25) is 0 Å². The summed E-state index contributed by atoms with van der Waals surface area (Å²) in [5.74, 6) is -1.12. The standard InChI is InChI=1S/C10H16N2O4/c1-7(2)3-5-16-6-4-12-9(14)8(13)11-10(12)15/h7H,3-6H2,1-2H3,(H,11,13,15). The van der Waals surface area contributed by atoms with E-state index in [4.69, 9.17) is 4.74 Å². The molecular weight excluding hydrogens is 212 g/mol. The van der Waals surface area contributed by atoms with Crippen molar-refractivity contribution in [3.63, 3.8) is 0 Å². The highest BCUT2D eigenvalue weighted by molar-refractivity contribution is 6.44. The van der Waals surface area contributed by atoms with Gasteiger partial charge in [0.25, 0.3) is 0 Å². The van der Waals surface area contributed by atoms with Crippen molar-refractivity contribution >= 4 is 17.8 Å². The average molecular weight is 228 g/mol. The molecule has 6 nitrogen and oxygen atoms in total. The highest BCUT2D eigenvalue weighted by Gasteiger charge is 2.36. The van der Waals surface area contributed by atoms with Gasteiger partial charge in [-0.15, -0.1) is 0 Å². The molecule has 0 aliphatic carbocycles. The van der Waals surface area contributed by atoms with Gasteiger partial charge >= 0.3 is 17.8 Å². The van der Waals surface area contributed by atoms with Crippen LogP contribution in [0.2, 0.25) is 0 Å². The molecule has 1 aliphatic heterocycles. The Labute approximate surface area is 93.9 Å². The van der Waals surface area contributed by atoms with Gasteiger partial charge in [-0.1, -0.05) is 13.8 Å². The lowest BCUT2D eigenvalue weighted by Crippen LogP contribution is -2.34. The lowest BCUT2D eigenvalue weighted by molar-refractivity contribution is -0.140. The average Bonchev–Trinajstić information content (AvgIpc) is 2.43. The van der Waals surface area contributed by atoms with Crippen LogP contribution >= 0.6 is 0 Å². The first kappa shape index (κ1) is 12.6. The van der Waals surface area contributed by atoms with E-state index in [1.807, 2.05) is 5.32 Å². The zero-order valence-electron chi connectivity index (χ0n) is 9.49. The van der Waals surface area contributed by atoms with Crippen LogP contribution in [0.1, 0.15) is 20.3 Å². The maximum atomic E-state index is 11.1. The predicted octanol–water partition coefficient (Wildman–Crippen LogP) is 0.128. The van der Waals surface area contributed by atoms with Gasteiger partial charge in [0, 0.05) is 6.61 Å². The number of hydrogen-bond acceptors (Lipinski definition) is 4. The molecule has 0 aromatic carbocycles. The lowest BCUT2D eigenvalue weighted by Gasteiger charge is -2.11. The number of hydrogen-bond donors (Lipinski definition) is 1. The molecule has 1 saturated heterocycles. The fourth-order valence-corrected chi connectivity index (χ4v) is 1.21. The lowest BCUT2D eigenvalue weighted by atomic mass is 10.1. The second-order valence-electron chi connectivity index (χ2n) is 4.01. The molecule has 0 spiro atoms. The number of urea groups is 1. The Morgan fingerprint density at radius 2 is 1.94 bits per heavy atom. The van der Waals surface area contributed by atoms with E-state index in [0.717, 1.165) is 11.3 Å². The van der Waals surface area contributed by atoms with Crippen molar-refractivity contribution in [2.24, 2.45) is 5.92 Å². The van der Waals surface area contributed by atoms with Crippen molar-refractivity contribution in [3.8, 4) is 0 Å². The van der Waals surface area contributed by atoms with Gasteiger partial charge in [-0.3, -0.25) is 19.8 Å². The molecule has 0 radical (unpaired) electrons. The summed E-state index contributed by atoms with van der Waals surface area (Å²) in [6, 6.07) is -0.664. The molecule has 0 atom stereocenters. The van der Waals surface area contributed by atoms with Crippen LogP contribution in [-0.2, 0) is 14.3 Å². The molecule has 16 heavy (non-hydrogen) atoms. The summed E-state index contributed by atoms with van der Waals surface area (Å²) in [5, 5.41) is 1.92. The van der Waals surface area contributed by atoms with Gasteiger partial charge in [-0.2, -0.15) is 0 Å². The van der Waals surface area contributed by atoms with E-state index in [0.29, 0.717) is 12.5 Å². The third-order valence-electron chi connectivity index (χ3n) is 2.20. The third-order valence-corrected chi connectivity index (χ3v) is 2.20. The van der Waals surface area contributed by atoms with E-state index >= 15 is 0 Å². The van der Waals surface area contributed by atoms with Crippen molar-refractivity contribution in [1.29, 1.82) is 0 Å². The summed E-state index contributed by atoms with van der Waals surface area (Å²) in [6.45, 7) is 5.14. The Balaban J connectivity index is 2.20. The summed E-state index contributed by atoms with van der Waals surface area (Å²) < 4.78 is 5.25. The molecular formula is C10H16N2O4. The second-order valence-corrected chi connectivity index (χ2v) is 4.01. The topological polar surface area (TPSA) is 75.7 Å². The molecule has 0 aromatic rings. The summed E-state index contributed by atoms with van der Waals surface area (Å²) in [7, 11) is 0. The van der Waals surface area contributed by atoms with E-state index in [9.17, 15) is 14.4 Å². The van der Waals surface area contributed by atoms with Gasteiger partial charge < -0.3 is 4.74 Å². The van der Waals surface area contributed by atoms with Crippen molar-refractivity contribution in [2.75, 3.05) is 19.8 Å². The van der Waals surface area contributed by atoms with Crippen LogP contribution < -0.4 is 5.32 Å². The van der Waals surface area contributed by atoms with Crippen LogP contribution in [0.25, 0.3) is 0 Å². The van der Waals surface area contributed by atoms with Gasteiger partial charge in [-0.25, -0.2) is 4.79 Å². The zero-order chi connectivity index (χ0) is 12.1. The third kappa shape index (κ3) is 3.30. The Hall–Kier alpha value is -1.43. The molecule has 0 saturated carbocycles. The van der Waals surface area contributed by atoms with E-state index in [1.54, 1.807) is 0 Å². The minimum atomic E-state index is -0.868. The minimum absolute atomic E-state index is 0.120. The Bertz CT molecular complexity index is 301. The minimum Gasteiger partial charge on any atom is -0.380 e. The van der Waals surface area contributed by atoms with E-state index in [2.05, 4.69) is 13.8 Å². The first-order chi connectivity index (χ1) is 7.52. The quantitative estimate of drug-likeness (QED) is 0.398. The Kier molecular flexibility index (Phi) is 4.42. The second kappa shape index (κ2) is 5.60. The van der Waals surface area contributed by atoms with Crippen LogP contribution in [-0.4, -0.2) is 42.5 Å². The number of carbonyl (C=O) groups excluding carboxylic acids is 3. The molecule has 1 heterocycles. The number of carbonyl (C=O) groups is 3. The smallest absolute Gasteiger partial charge is 0.331 e. The zero-order valence-corrected chi connectivity index (χ0v) is 9.49. The molecule has 0 bridgehead atoms. The predicted molar refractivity (Wildman–Crippen MR) is 55.5 cm³/mol. The molecule has 4 amide bonds. The SMILES string of the molecule is CC(C)CCOCCN1C(=O)NC(=O)C1=O. The highest BCUT2D eigenvalue weighted by Crippen LogP contribution is 2.01. The molecule has 1 N–H and O–H groups in total. The molecule has 0 unspecified atom stereocenters. The van der Waals surface area contributed by atoms with Crippen LogP contribution in [0, 0.1) is 5.92 Å². The normalized spacial score (nSPS) is 16.2. The molecule has 1 aliphatic rings. The maximum absolute atomic E-state index is 11.1. The largest absolute Gasteiger partial charge is 0.380 e. The van der Waals surface area contributed by atoms with Crippen LogP contribution in [0.4, 0.5) is 4.79 Å². The van der Waals surface area contributed by atoms with Gasteiger partial charge in [-0.05, 0) is 12.3 Å². The van der Waals surface area contributed by atoms with Crippen molar-refractivity contribution in [1.82, 2.24) is 10.2 Å². The molecule has 6 heteroatoms. The fraction of sp³-hybridized carbons (Fsp3) is 0.700. The molecule has 1 fully saturated rings. The van der Waals surface area contributed by atoms with Crippen molar-refractivity contribution in [2.45, 2.75) is 20.3 Å². The van der Waals surface area contributed by atoms with Crippen LogP contribution in [0.15, 0.2) is 0 Å². The number of amides is 4. The monoisotopic (exact) mass is 228 g/mol. The summed E-state index contributed by atoms with van der Waals surface area (Å²) in [5.41, 5.74) is 0. The van der Waals surface area contributed by atoms with Crippen LogP contribution in [0.5, 0.6) is 0 Å². The summed E-state index contributed by atoms with van der Waals surface area (Å²) in [6.07, 6.45) is 0.930. The van der Waals surface area contributed by atoms with Gasteiger partial charge in [0.15, 0.2) is 0 Å². The van der Waals surface area contributed by atoms with E-state index in [-0.39, 0.29) is 13.2 Å². The number of nitrogens with one attached hydrogen (secondary N) is 1. The fourth-order valence-electron chi connectivity index (χ4n) is 1.21. The Morgan fingerprint density at radius 3 is 2.44 bits per heavy atom. The maximum Gasteiger partial charge on any atom is 0.331 e. The first-order valence-corrected chi connectivity index (χ1v) is 5.27.